The third-order valence-electron chi connectivity index (χ3n) is 1.85. The maximum atomic E-state index is 12.2. The average molecular weight is 340 g/mol. The first kappa shape index (κ1) is 14.9. The number of carbonyl (C=O) groups is 1. The second kappa shape index (κ2) is 5.63. The number of ether oxygens (including phenoxy) is 1. The number of methoxy groups -OCH3 is 1. The molecule has 96 valence electrons. The van der Waals surface area contributed by atoms with Gasteiger partial charge in [0.1, 0.15) is 6.07 Å². The fourth-order valence-corrected chi connectivity index (χ4v) is 2.40. The van der Waals surface area contributed by atoms with Crippen LogP contribution in [0.25, 0.3) is 0 Å². The monoisotopic (exact) mass is 339 g/mol. The number of alkyl halides is 3. The molecule has 0 bridgehead atoms. The summed E-state index contributed by atoms with van der Waals surface area (Å²) in [6, 6.07) is 3.91. The normalized spacial score (nSPS) is 10.9. The Morgan fingerprint density at radius 2 is 2.11 bits per heavy atom. The summed E-state index contributed by atoms with van der Waals surface area (Å²) in [5, 5.41) is 8.89. The molecule has 0 unspecified atom stereocenters. The van der Waals surface area contributed by atoms with E-state index in [4.69, 9.17) is 5.26 Å². The minimum Gasteiger partial charge on any atom is -0.465 e. The molecule has 0 fully saturated rings. The van der Waals surface area contributed by atoms with Gasteiger partial charge in [0.2, 0.25) is 0 Å². The smallest absolute Gasteiger partial charge is 0.446 e. The van der Waals surface area contributed by atoms with Gasteiger partial charge in [-0.05, 0) is 39.8 Å². The highest BCUT2D eigenvalue weighted by molar-refractivity contribution is 9.10. The van der Waals surface area contributed by atoms with Gasteiger partial charge in [-0.15, -0.1) is 0 Å². The van der Waals surface area contributed by atoms with E-state index in [-0.39, 0.29) is 32.3 Å². The molecule has 0 heterocycles. The summed E-state index contributed by atoms with van der Waals surface area (Å²) < 4.78 is 41.1. The molecule has 3 nitrogen and oxygen atoms in total. The molecular formula is C10H5BrF3NO2S. The van der Waals surface area contributed by atoms with Crippen LogP contribution in [0, 0.1) is 11.3 Å². The van der Waals surface area contributed by atoms with Crippen LogP contribution in [0.4, 0.5) is 13.2 Å². The first-order chi connectivity index (χ1) is 8.30. The summed E-state index contributed by atoms with van der Waals surface area (Å²) in [7, 11) is 1.12. The van der Waals surface area contributed by atoms with E-state index in [1.807, 2.05) is 0 Å². The lowest BCUT2D eigenvalue weighted by molar-refractivity contribution is -0.0328. The summed E-state index contributed by atoms with van der Waals surface area (Å²) in [6.45, 7) is 0. The van der Waals surface area contributed by atoms with Crippen LogP contribution in [0.1, 0.15) is 15.9 Å². The molecule has 0 aliphatic carbocycles. The largest absolute Gasteiger partial charge is 0.465 e. The fourth-order valence-electron chi connectivity index (χ4n) is 1.15. The molecule has 0 amide bonds. The molecule has 0 aliphatic rings. The van der Waals surface area contributed by atoms with E-state index in [1.165, 1.54) is 0 Å². The zero-order valence-corrected chi connectivity index (χ0v) is 11.2. The quantitative estimate of drug-likeness (QED) is 0.608. The Labute approximate surface area is 113 Å². The Hall–Kier alpha value is -1.20. The van der Waals surface area contributed by atoms with Crippen molar-refractivity contribution in [3.8, 4) is 6.07 Å². The molecule has 1 aromatic carbocycles. The van der Waals surface area contributed by atoms with Gasteiger partial charge in [-0.25, -0.2) is 4.79 Å². The van der Waals surface area contributed by atoms with Gasteiger partial charge in [-0.2, -0.15) is 18.4 Å². The van der Waals surface area contributed by atoms with Gasteiger partial charge in [0.15, 0.2) is 0 Å². The highest BCUT2D eigenvalue weighted by Crippen LogP contribution is 2.42. The number of benzene rings is 1. The third kappa shape index (κ3) is 3.40. The van der Waals surface area contributed by atoms with Crippen molar-refractivity contribution in [1.29, 1.82) is 5.26 Å². The lowest BCUT2D eigenvalue weighted by Gasteiger charge is -2.10. The SMILES string of the molecule is COC(=O)c1ccc(SC(F)(F)F)c(Br)c1C#N. The molecule has 0 spiro atoms. The van der Waals surface area contributed by atoms with Gasteiger partial charge >= 0.3 is 11.5 Å². The zero-order valence-electron chi connectivity index (χ0n) is 8.84. The highest BCUT2D eigenvalue weighted by Gasteiger charge is 2.31. The number of nitrogens with zero attached hydrogens (tertiary/aromatic N) is 1. The maximum absolute atomic E-state index is 12.2. The van der Waals surface area contributed by atoms with Crippen molar-refractivity contribution in [3.05, 3.63) is 27.7 Å². The standard InChI is InChI=1S/C10H5BrF3NO2S/c1-17-9(16)5-2-3-7(18-10(12,13)14)8(11)6(5)4-15/h2-3H,1H3. The summed E-state index contributed by atoms with van der Waals surface area (Å²) in [4.78, 5) is 11.1. The number of rotatable bonds is 2. The Kier molecular flexibility index (Phi) is 4.65. The van der Waals surface area contributed by atoms with E-state index in [9.17, 15) is 18.0 Å². The molecule has 18 heavy (non-hydrogen) atoms. The van der Waals surface area contributed by atoms with Gasteiger partial charge in [-0.1, -0.05) is 0 Å². The van der Waals surface area contributed by atoms with Crippen molar-refractivity contribution in [3.63, 3.8) is 0 Å². The van der Waals surface area contributed by atoms with Crippen LogP contribution in [0.15, 0.2) is 21.5 Å². The molecule has 0 aliphatic heterocycles. The molecule has 0 saturated carbocycles. The third-order valence-corrected chi connectivity index (χ3v) is 3.73. The molecular weight excluding hydrogens is 335 g/mol. The van der Waals surface area contributed by atoms with Crippen molar-refractivity contribution in [2.24, 2.45) is 0 Å². The van der Waals surface area contributed by atoms with E-state index in [1.54, 1.807) is 6.07 Å². The van der Waals surface area contributed by atoms with Crippen LogP contribution in [-0.2, 0) is 4.74 Å². The van der Waals surface area contributed by atoms with E-state index < -0.39 is 11.5 Å². The number of hydrogen-bond acceptors (Lipinski definition) is 4. The van der Waals surface area contributed by atoms with Crippen LogP contribution in [0.5, 0.6) is 0 Å². The van der Waals surface area contributed by atoms with Crippen LogP contribution < -0.4 is 0 Å². The predicted octanol–water partition coefficient (Wildman–Crippen LogP) is 3.72. The molecule has 0 saturated heterocycles. The van der Waals surface area contributed by atoms with Crippen molar-refractivity contribution in [2.45, 2.75) is 10.4 Å². The van der Waals surface area contributed by atoms with Crippen molar-refractivity contribution in [1.82, 2.24) is 0 Å². The Balaban J connectivity index is 3.30. The predicted molar refractivity (Wildman–Crippen MR) is 62.1 cm³/mol. The van der Waals surface area contributed by atoms with Crippen LogP contribution in [-0.4, -0.2) is 18.6 Å². The van der Waals surface area contributed by atoms with Gasteiger partial charge in [-0.3, -0.25) is 0 Å². The van der Waals surface area contributed by atoms with Gasteiger partial charge < -0.3 is 4.74 Å². The van der Waals surface area contributed by atoms with Gasteiger partial charge in [0, 0.05) is 4.90 Å². The Morgan fingerprint density at radius 3 is 2.56 bits per heavy atom. The average Bonchev–Trinajstić information content (AvgIpc) is 2.28. The van der Waals surface area contributed by atoms with Crippen LogP contribution in [0.2, 0.25) is 0 Å². The number of halogens is 4. The van der Waals surface area contributed by atoms with E-state index in [2.05, 4.69) is 20.7 Å². The van der Waals surface area contributed by atoms with E-state index in [0.717, 1.165) is 19.2 Å². The van der Waals surface area contributed by atoms with Gasteiger partial charge in [0.25, 0.3) is 0 Å². The van der Waals surface area contributed by atoms with Crippen LogP contribution >= 0.6 is 27.7 Å². The summed E-state index contributed by atoms with van der Waals surface area (Å²) in [6.07, 6.45) is 0. The fraction of sp³-hybridized carbons (Fsp3) is 0.200. The Bertz CT molecular complexity index is 525. The summed E-state index contributed by atoms with van der Waals surface area (Å²) in [5.41, 5.74) is -4.74. The Morgan fingerprint density at radius 1 is 1.50 bits per heavy atom. The zero-order chi connectivity index (χ0) is 13.9. The lowest BCUT2D eigenvalue weighted by atomic mass is 10.1. The van der Waals surface area contributed by atoms with Gasteiger partial charge in [0.05, 0.1) is 22.7 Å². The minimum atomic E-state index is -4.47. The lowest BCUT2D eigenvalue weighted by Crippen LogP contribution is -2.06. The molecule has 0 atom stereocenters. The second-order valence-corrected chi connectivity index (χ2v) is 4.85. The second-order valence-electron chi connectivity index (χ2n) is 2.95. The number of esters is 1. The minimum absolute atomic E-state index is 0.0739. The highest BCUT2D eigenvalue weighted by atomic mass is 79.9. The number of thioether (sulfide) groups is 1. The molecule has 0 radical (unpaired) electrons. The summed E-state index contributed by atoms with van der Waals surface area (Å²) in [5.74, 6) is -0.782. The number of nitriles is 1. The number of hydrogen-bond donors (Lipinski definition) is 0. The summed E-state index contributed by atoms with van der Waals surface area (Å²) >= 11 is 2.53. The topological polar surface area (TPSA) is 50.1 Å². The van der Waals surface area contributed by atoms with Crippen LogP contribution in [0.3, 0.4) is 0 Å². The molecule has 0 aromatic heterocycles. The maximum Gasteiger partial charge on any atom is 0.446 e. The first-order valence-corrected chi connectivity index (χ1v) is 5.97. The molecule has 8 heteroatoms. The number of carbonyl (C=O) groups excluding carboxylic acids is 1. The van der Waals surface area contributed by atoms with E-state index >= 15 is 0 Å². The van der Waals surface area contributed by atoms with Crippen molar-refractivity contribution in [2.75, 3.05) is 7.11 Å². The first-order valence-electron chi connectivity index (χ1n) is 4.36. The molecule has 1 aromatic rings. The molecule has 1 rings (SSSR count). The van der Waals surface area contributed by atoms with Crippen molar-refractivity contribution < 1.29 is 22.7 Å². The van der Waals surface area contributed by atoms with Crippen molar-refractivity contribution >= 4 is 33.7 Å². The van der Waals surface area contributed by atoms with E-state index in [0.29, 0.717) is 0 Å². The molecule has 0 N–H and O–H groups in total.